The van der Waals surface area contributed by atoms with Gasteiger partial charge in [-0.15, -0.1) is 5.10 Å². The van der Waals surface area contributed by atoms with E-state index in [0.29, 0.717) is 29.5 Å². The van der Waals surface area contributed by atoms with Gasteiger partial charge in [0.15, 0.2) is 0 Å². The van der Waals surface area contributed by atoms with E-state index in [1.165, 1.54) is 4.90 Å². The number of piperidine rings is 1. The van der Waals surface area contributed by atoms with Gasteiger partial charge in [-0.3, -0.25) is 4.79 Å². The van der Waals surface area contributed by atoms with Gasteiger partial charge in [-0.05, 0) is 44.2 Å². The van der Waals surface area contributed by atoms with Gasteiger partial charge in [-0.1, -0.05) is 23.7 Å². The number of para-hydroxylation sites is 1. The van der Waals surface area contributed by atoms with E-state index in [4.69, 9.17) is 11.6 Å². The Morgan fingerprint density at radius 3 is 2.62 bits per heavy atom. The standard InChI is InChI=1S/C18H19ClN4O3/c19-12-5-1-2-6-13(12)23-16(11-8-9-11)20-15(21-23)17(24)22-10-4-3-7-14(22)18(25)26/h1-2,5-6,11,14H,3-4,7-10H2,(H,25,26)/t14-/m1/s1. The molecule has 7 nitrogen and oxygen atoms in total. The molecule has 1 saturated carbocycles. The van der Waals surface area contributed by atoms with Crippen molar-refractivity contribution in [2.24, 2.45) is 0 Å². The van der Waals surface area contributed by atoms with Crippen molar-refractivity contribution >= 4 is 23.5 Å². The minimum Gasteiger partial charge on any atom is -0.480 e. The molecule has 0 radical (unpaired) electrons. The Kier molecular flexibility index (Phi) is 4.40. The van der Waals surface area contributed by atoms with Crippen LogP contribution in [0.1, 0.15) is 54.5 Å². The largest absolute Gasteiger partial charge is 0.480 e. The number of carbonyl (C=O) groups is 2. The number of aromatic nitrogens is 3. The molecule has 0 bridgehead atoms. The van der Waals surface area contributed by atoms with E-state index in [9.17, 15) is 14.7 Å². The zero-order valence-electron chi connectivity index (χ0n) is 14.1. The van der Waals surface area contributed by atoms with Crippen LogP contribution in [0.3, 0.4) is 0 Å². The SMILES string of the molecule is O=C(O)[C@H]1CCCCN1C(=O)c1nc(C2CC2)n(-c2ccccc2Cl)n1. The van der Waals surface area contributed by atoms with Crippen LogP contribution in [-0.4, -0.2) is 49.2 Å². The highest BCUT2D eigenvalue weighted by atomic mass is 35.5. The van der Waals surface area contributed by atoms with Crippen molar-refractivity contribution in [1.29, 1.82) is 0 Å². The second kappa shape index (κ2) is 6.72. The number of benzene rings is 1. The van der Waals surface area contributed by atoms with Crippen LogP contribution in [0, 0.1) is 0 Å². The Morgan fingerprint density at radius 2 is 1.92 bits per heavy atom. The van der Waals surface area contributed by atoms with Gasteiger partial charge < -0.3 is 10.0 Å². The number of halogens is 1. The third-order valence-electron chi connectivity index (χ3n) is 4.90. The lowest BCUT2D eigenvalue weighted by atomic mass is 10.0. The van der Waals surface area contributed by atoms with Crippen LogP contribution in [0.5, 0.6) is 0 Å². The van der Waals surface area contributed by atoms with Crippen molar-refractivity contribution < 1.29 is 14.7 Å². The first-order valence-corrected chi connectivity index (χ1v) is 9.19. The Labute approximate surface area is 155 Å². The summed E-state index contributed by atoms with van der Waals surface area (Å²) in [6.07, 6.45) is 4.05. The zero-order valence-corrected chi connectivity index (χ0v) is 14.9. The third-order valence-corrected chi connectivity index (χ3v) is 5.21. The van der Waals surface area contributed by atoms with Crippen LogP contribution in [0.4, 0.5) is 0 Å². The van der Waals surface area contributed by atoms with Crippen molar-refractivity contribution in [3.8, 4) is 5.69 Å². The van der Waals surface area contributed by atoms with Gasteiger partial charge >= 0.3 is 5.97 Å². The number of amides is 1. The van der Waals surface area contributed by atoms with Gasteiger partial charge in [0.2, 0.25) is 5.82 Å². The fraction of sp³-hybridized carbons (Fsp3) is 0.444. The van der Waals surface area contributed by atoms with Crippen molar-refractivity contribution in [2.75, 3.05) is 6.54 Å². The van der Waals surface area contributed by atoms with Gasteiger partial charge in [0.05, 0.1) is 10.7 Å². The molecule has 2 fully saturated rings. The molecule has 4 rings (SSSR count). The van der Waals surface area contributed by atoms with E-state index < -0.39 is 17.9 Å². The molecule has 1 N–H and O–H groups in total. The smallest absolute Gasteiger partial charge is 0.326 e. The normalized spacial score (nSPS) is 20.2. The number of rotatable bonds is 4. The van der Waals surface area contributed by atoms with Crippen molar-refractivity contribution in [3.63, 3.8) is 0 Å². The summed E-state index contributed by atoms with van der Waals surface area (Å²) >= 11 is 6.30. The molecule has 2 aliphatic rings. The first-order chi connectivity index (χ1) is 12.6. The molecule has 136 valence electrons. The van der Waals surface area contributed by atoms with Gasteiger partial charge in [0, 0.05) is 12.5 Å². The van der Waals surface area contributed by atoms with Crippen LogP contribution in [0.25, 0.3) is 5.69 Å². The number of aliphatic carboxylic acids is 1. The molecule has 8 heteroatoms. The molecule has 1 atom stereocenters. The molecule has 1 aromatic heterocycles. The summed E-state index contributed by atoms with van der Waals surface area (Å²) in [6, 6.07) is 6.47. The monoisotopic (exact) mass is 374 g/mol. The molecule has 26 heavy (non-hydrogen) atoms. The number of carbonyl (C=O) groups excluding carboxylic acids is 1. The molecule has 2 heterocycles. The predicted molar refractivity (Wildman–Crippen MR) is 94.7 cm³/mol. The highest BCUT2D eigenvalue weighted by molar-refractivity contribution is 6.32. The first-order valence-electron chi connectivity index (χ1n) is 8.82. The maximum atomic E-state index is 12.9. The lowest BCUT2D eigenvalue weighted by molar-refractivity contribution is -0.143. The molecule has 0 spiro atoms. The maximum Gasteiger partial charge on any atom is 0.326 e. The summed E-state index contributed by atoms with van der Waals surface area (Å²) in [5, 5.41) is 14.4. The van der Waals surface area contributed by atoms with Gasteiger partial charge in [-0.25, -0.2) is 14.5 Å². The Morgan fingerprint density at radius 1 is 1.15 bits per heavy atom. The fourth-order valence-electron chi connectivity index (χ4n) is 3.38. The number of hydrogen-bond donors (Lipinski definition) is 1. The number of carboxylic acids is 1. The van der Waals surface area contributed by atoms with Crippen LogP contribution in [0.2, 0.25) is 5.02 Å². The second-order valence-electron chi connectivity index (χ2n) is 6.78. The number of nitrogens with zero attached hydrogens (tertiary/aromatic N) is 4. The summed E-state index contributed by atoms with van der Waals surface area (Å²) in [5.74, 6) is -0.391. The Hall–Kier alpha value is -2.41. The van der Waals surface area contributed by atoms with Crippen LogP contribution in [0.15, 0.2) is 24.3 Å². The average molecular weight is 375 g/mol. The summed E-state index contributed by atoms with van der Waals surface area (Å²) in [7, 11) is 0. The molecule has 1 amide bonds. The topological polar surface area (TPSA) is 88.3 Å². The van der Waals surface area contributed by atoms with Crippen molar-refractivity contribution in [1.82, 2.24) is 19.7 Å². The molecule has 1 saturated heterocycles. The summed E-state index contributed by atoms with van der Waals surface area (Å²) < 4.78 is 1.63. The highest BCUT2D eigenvalue weighted by Gasteiger charge is 2.37. The minimum atomic E-state index is -0.981. The lowest BCUT2D eigenvalue weighted by Gasteiger charge is -2.31. The summed E-state index contributed by atoms with van der Waals surface area (Å²) in [6.45, 7) is 0.412. The van der Waals surface area contributed by atoms with Crippen molar-refractivity contribution in [3.05, 3.63) is 40.9 Å². The Balaban J connectivity index is 1.71. The number of likely N-dealkylation sites (tertiary alicyclic amines) is 1. The lowest BCUT2D eigenvalue weighted by Crippen LogP contribution is -2.48. The van der Waals surface area contributed by atoms with Crippen molar-refractivity contribution in [2.45, 2.75) is 44.1 Å². The second-order valence-corrected chi connectivity index (χ2v) is 7.19. The van der Waals surface area contributed by atoms with E-state index in [2.05, 4.69) is 10.1 Å². The highest BCUT2D eigenvalue weighted by Crippen LogP contribution is 2.40. The van der Waals surface area contributed by atoms with E-state index in [1.54, 1.807) is 10.7 Å². The van der Waals surface area contributed by atoms with E-state index in [1.807, 2.05) is 18.2 Å². The summed E-state index contributed by atoms with van der Waals surface area (Å²) in [5.41, 5.74) is 0.677. The first kappa shape index (κ1) is 17.0. The van der Waals surface area contributed by atoms with Gasteiger partial charge in [-0.2, -0.15) is 0 Å². The molecular formula is C18H19ClN4O3. The molecule has 2 aromatic rings. The van der Waals surface area contributed by atoms with Crippen LogP contribution >= 0.6 is 11.6 Å². The fourth-order valence-corrected chi connectivity index (χ4v) is 3.60. The van der Waals surface area contributed by atoms with Crippen LogP contribution in [-0.2, 0) is 4.79 Å². The number of hydrogen-bond acceptors (Lipinski definition) is 4. The molecule has 0 unspecified atom stereocenters. The Bertz CT molecular complexity index is 862. The van der Waals surface area contributed by atoms with Gasteiger partial charge in [0.1, 0.15) is 11.9 Å². The third kappa shape index (κ3) is 3.07. The molecule has 1 aromatic carbocycles. The van der Waals surface area contributed by atoms with E-state index in [0.717, 1.165) is 25.7 Å². The average Bonchev–Trinajstić information content (AvgIpc) is 3.40. The predicted octanol–water partition coefficient (Wildman–Crippen LogP) is 2.88. The molecule has 1 aliphatic carbocycles. The molecular weight excluding hydrogens is 356 g/mol. The molecule has 1 aliphatic heterocycles. The van der Waals surface area contributed by atoms with Crippen LogP contribution < -0.4 is 0 Å². The zero-order chi connectivity index (χ0) is 18.3. The quantitative estimate of drug-likeness (QED) is 0.888. The number of carboxylic acid groups (broad SMARTS) is 1. The summed E-state index contributed by atoms with van der Waals surface area (Å²) in [4.78, 5) is 30.3. The van der Waals surface area contributed by atoms with E-state index in [-0.39, 0.29) is 11.7 Å². The maximum absolute atomic E-state index is 12.9. The minimum absolute atomic E-state index is 0.0416. The van der Waals surface area contributed by atoms with E-state index >= 15 is 0 Å². The van der Waals surface area contributed by atoms with Gasteiger partial charge in [0.25, 0.3) is 5.91 Å².